The maximum absolute atomic E-state index is 11.9. The summed E-state index contributed by atoms with van der Waals surface area (Å²) in [5, 5.41) is 30.2. The number of fused-ring (bicyclic) bond motifs is 2. The Morgan fingerprint density at radius 1 is 0.852 bits per heavy atom. The molecule has 0 bridgehead atoms. The summed E-state index contributed by atoms with van der Waals surface area (Å²) in [7, 11) is 0. The molecule has 6 nitrogen and oxygen atoms in total. The summed E-state index contributed by atoms with van der Waals surface area (Å²) in [6, 6.07) is 8.69. The van der Waals surface area contributed by atoms with Crippen molar-refractivity contribution in [3.05, 3.63) is 55.6 Å². The van der Waals surface area contributed by atoms with Crippen LogP contribution < -0.4 is 11.2 Å². The molecule has 0 saturated carbocycles. The fourth-order valence-corrected chi connectivity index (χ4v) is 4.16. The minimum Gasteiger partial charge on any atom is -0.504 e. The van der Waals surface area contributed by atoms with Gasteiger partial charge < -0.3 is 25.5 Å². The molecule has 5 N–H and O–H groups in total. The van der Waals surface area contributed by atoms with Gasteiger partial charge in [0.15, 0.2) is 17.2 Å². The van der Waals surface area contributed by atoms with Gasteiger partial charge in [0.2, 0.25) is 5.43 Å². The number of anilines is 1. The standard InChI is InChI=1S/C19H11Br2NO5/c20-10-1-7(2-11(21)19(10)22)18-8-3-12(23)14(25)5-16(8)27-17-6-15(26)13(24)4-9(17)18/h1-6,23-25H,22H2. The predicted molar refractivity (Wildman–Crippen MR) is 109 cm³/mol. The van der Waals surface area contributed by atoms with Crippen molar-refractivity contribution in [3.8, 4) is 39.7 Å². The van der Waals surface area contributed by atoms with E-state index in [1.807, 2.05) is 0 Å². The van der Waals surface area contributed by atoms with E-state index in [2.05, 4.69) is 31.9 Å². The monoisotopic (exact) mass is 491 g/mol. The van der Waals surface area contributed by atoms with Crippen LogP contribution in [0.15, 0.2) is 54.6 Å². The maximum Gasteiger partial charge on any atom is 0.223 e. The molecular formula is C19H11Br2NO5. The molecule has 2 aromatic rings. The first-order chi connectivity index (χ1) is 12.8. The number of nitrogen functional groups attached to an aromatic ring is 1. The van der Waals surface area contributed by atoms with E-state index in [1.54, 1.807) is 12.1 Å². The third-order valence-electron chi connectivity index (χ3n) is 4.26. The lowest BCUT2D eigenvalue weighted by Crippen LogP contribution is -2.01. The number of phenols is 3. The Morgan fingerprint density at radius 2 is 1.48 bits per heavy atom. The molecule has 1 aliphatic heterocycles. The van der Waals surface area contributed by atoms with E-state index in [0.717, 1.165) is 0 Å². The molecule has 136 valence electrons. The Bertz CT molecular complexity index is 1240. The van der Waals surface area contributed by atoms with Crippen molar-refractivity contribution in [1.82, 2.24) is 0 Å². The lowest BCUT2D eigenvalue weighted by molar-refractivity contribution is 0.404. The molecule has 1 heterocycles. The summed E-state index contributed by atoms with van der Waals surface area (Å²) in [5.74, 6) is -0.863. The topological polar surface area (TPSA) is 117 Å². The Balaban J connectivity index is 2.24. The van der Waals surface area contributed by atoms with E-state index < -0.39 is 11.2 Å². The van der Waals surface area contributed by atoms with Gasteiger partial charge in [0.1, 0.15) is 11.3 Å². The van der Waals surface area contributed by atoms with Gasteiger partial charge in [-0.05, 0) is 61.7 Å². The highest BCUT2D eigenvalue weighted by Gasteiger charge is 2.21. The van der Waals surface area contributed by atoms with Crippen LogP contribution >= 0.6 is 31.9 Å². The molecular weight excluding hydrogens is 482 g/mol. The van der Waals surface area contributed by atoms with Crippen LogP contribution in [0.1, 0.15) is 0 Å². The van der Waals surface area contributed by atoms with E-state index in [0.29, 0.717) is 36.7 Å². The predicted octanol–water partition coefficient (Wildman–Crippen LogP) is 4.79. The van der Waals surface area contributed by atoms with Crippen molar-refractivity contribution < 1.29 is 19.7 Å². The normalized spacial score (nSPS) is 11.3. The van der Waals surface area contributed by atoms with Crippen LogP contribution in [0.25, 0.3) is 33.4 Å². The van der Waals surface area contributed by atoms with Gasteiger partial charge >= 0.3 is 0 Å². The average Bonchev–Trinajstić information content (AvgIpc) is 2.60. The van der Waals surface area contributed by atoms with Crippen LogP contribution in [0, 0.1) is 0 Å². The highest BCUT2D eigenvalue weighted by molar-refractivity contribution is 9.11. The number of nitrogens with two attached hydrogens (primary N) is 1. The van der Waals surface area contributed by atoms with Gasteiger partial charge in [-0.1, -0.05) is 0 Å². The Labute approximate surface area is 169 Å². The Hall–Kier alpha value is -2.71. The first-order valence-corrected chi connectivity index (χ1v) is 9.25. The summed E-state index contributed by atoms with van der Waals surface area (Å²) >= 11 is 6.81. The lowest BCUT2D eigenvalue weighted by atomic mass is 9.93. The van der Waals surface area contributed by atoms with E-state index in [-0.39, 0.29) is 22.8 Å². The van der Waals surface area contributed by atoms with Crippen molar-refractivity contribution in [2.75, 3.05) is 5.73 Å². The largest absolute Gasteiger partial charge is 0.504 e. The third kappa shape index (κ3) is 2.81. The highest BCUT2D eigenvalue weighted by Crippen LogP contribution is 2.45. The molecule has 0 fully saturated rings. The molecule has 2 aromatic carbocycles. The summed E-state index contributed by atoms with van der Waals surface area (Å²) < 4.78 is 7.01. The van der Waals surface area contributed by atoms with Crippen molar-refractivity contribution in [1.29, 1.82) is 0 Å². The SMILES string of the molecule is Nc1c(Br)cc(-c2c3cc(O)c(=O)cc-3oc3cc(O)c(O)cc23)cc1Br. The van der Waals surface area contributed by atoms with Crippen molar-refractivity contribution in [2.45, 2.75) is 0 Å². The van der Waals surface area contributed by atoms with Gasteiger partial charge in [-0.25, -0.2) is 0 Å². The first-order valence-electron chi connectivity index (χ1n) is 7.66. The molecule has 0 spiro atoms. The van der Waals surface area contributed by atoms with Crippen molar-refractivity contribution in [2.24, 2.45) is 0 Å². The Morgan fingerprint density at radius 3 is 2.15 bits per heavy atom. The van der Waals surface area contributed by atoms with Gasteiger partial charge in [0, 0.05) is 37.6 Å². The smallest absolute Gasteiger partial charge is 0.223 e. The van der Waals surface area contributed by atoms with E-state index >= 15 is 0 Å². The molecule has 27 heavy (non-hydrogen) atoms. The fourth-order valence-electron chi connectivity index (χ4n) is 2.97. The fraction of sp³-hybridized carbons (Fsp3) is 0. The number of phenolic OH excluding ortho intramolecular Hbond substituents is 3. The number of hydrogen-bond donors (Lipinski definition) is 4. The number of rotatable bonds is 1. The number of aromatic hydroxyl groups is 3. The zero-order chi connectivity index (χ0) is 19.5. The highest BCUT2D eigenvalue weighted by atomic mass is 79.9. The average molecular weight is 493 g/mol. The van der Waals surface area contributed by atoms with Gasteiger partial charge in [0.05, 0.1) is 5.69 Å². The van der Waals surface area contributed by atoms with Crippen LogP contribution in [0.4, 0.5) is 5.69 Å². The second-order valence-corrected chi connectivity index (χ2v) is 7.69. The summed E-state index contributed by atoms with van der Waals surface area (Å²) in [4.78, 5) is 11.9. The second-order valence-electron chi connectivity index (χ2n) is 5.98. The van der Waals surface area contributed by atoms with Gasteiger partial charge in [-0.2, -0.15) is 0 Å². The molecule has 2 aliphatic rings. The number of hydrogen-bond acceptors (Lipinski definition) is 6. The van der Waals surface area contributed by atoms with E-state index in [1.165, 1.54) is 24.3 Å². The van der Waals surface area contributed by atoms with Gasteiger partial charge in [-0.15, -0.1) is 0 Å². The van der Waals surface area contributed by atoms with Crippen molar-refractivity contribution >= 4 is 48.5 Å². The van der Waals surface area contributed by atoms with Crippen LogP contribution in [0.3, 0.4) is 0 Å². The second kappa shape index (κ2) is 6.17. The third-order valence-corrected chi connectivity index (χ3v) is 5.58. The first kappa shape index (κ1) is 17.7. The maximum atomic E-state index is 11.9. The minimum absolute atomic E-state index is 0.231. The minimum atomic E-state index is -0.584. The molecule has 0 amide bonds. The van der Waals surface area contributed by atoms with E-state index in [9.17, 15) is 20.1 Å². The van der Waals surface area contributed by atoms with Crippen molar-refractivity contribution in [3.63, 3.8) is 0 Å². The Kier molecular flexibility index (Phi) is 4.05. The molecule has 0 saturated heterocycles. The molecule has 0 atom stereocenters. The molecule has 0 radical (unpaired) electrons. The summed E-state index contributed by atoms with van der Waals surface area (Å²) in [6.45, 7) is 0. The zero-order valence-electron chi connectivity index (χ0n) is 13.5. The quantitative estimate of drug-likeness (QED) is 0.172. The molecule has 4 rings (SSSR count). The number of benzene rings is 3. The van der Waals surface area contributed by atoms with Crippen LogP contribution in [-0.4, -0.2) is 15.3 Å². The molecule has 0 aromatic heterocycles. The lowest BCUT2D eigenvalue weighted by Gasteiger charge is -2.17. The molecule has 1 aliphatic carbocycles. The summed E-state index contributed by atoms with van der Waals surface area (Å²) in [6.07, 6.45) is 0. The van der Waals surface area contributed by atoms with Crippen LogP contribution in [0.2, 0.25) is 0 Å². The summed E-state index contributed by atoms with van der Waals surface area (Å²) in [5.41, 5.74) is 7.92. The van der Waals surface area contributed by atoms with E-state index in [4.69, 9.17) is 10.2 Å². The zero-order valence-corrected chi connectivity index (χ0v) is 16.6. The number of halogens is 2. The van der Waals surface area contributed by atoms with Gasteiger partial charge in [-0.3, -0.25) is 4.79 Å². The molecule has 8 heteroatoms. The van der Waals surface area contributed by atoms with Crippen LogP contribution in [0.5, 0.6) is 17.2 Å². The van der Waals surface area contributed by atoms with Gasteiger partial charge in [0.25, 0.3) is 0 Å². The van der Waals surface area contributed by atoms with Crippen LogP contribution in [-0.2, 0) is 0 Å². The molecule has 0 unspecified atom stereocenters.